The Hall–Kier alpha value is -0.120. The number of nitrogens with one attached hydrogen (secondary N) is 1. The van der Waals surface area contributed by atoms with Crippen molar-refractivity contribution in [1.82, 2.24) is 5.32 Å². The van der Waals surface area contributed by atoms with Crippen LogP contribution in [0.2, 0.25) is 0 Å². The monoisotopic (exact) mass is 187 g/mol. The summed E-state index contributed by atoms with van der Waals surface area (Å²) in [5.41, 5.74) is 0.532. The van der Waals surface area contributed by atoms with E-state index in [9.17, 15) is 0 Å². The normalized spacial score (nSPS) is 21.5. The van der Waals surface area contributed by atoms with Crippen LogP contribution >= 0.6 is 0 Å². The molecule has 0 aromatic carbocycles. The van der Waals surface area contributed by atoms with Crippen molar-refractivity contribution in [2.45, 2.75) is 38.7 Å². The van der Waals surface area contributed by atoms with Crippen LogP contribution in [-0.4, -0.2) is 36.0 Å². The first-order valence-electron chi connectivity index (χ1n) is 5.22. The van der Waals surface area contributed by atoms with Crippen molar-refractivity contribution in [3.05, 3.63) is 0 Å². The summed E-state index contributed by atoms with van der Waals surface area (Å²) in [6, 6.07) is 0. The summed E-state index contributed by atoms with van der Waals surface area (Å²) >= 11 is 0. The van der Waals surface area contributed by atoms with Gasteiger partial charge >= 0.3 is 0 Å². The minimum Gasteiger partial charge on any atom is -0.394 e. The van der Waals surface area contributed by atoms with Gasteiger partial charge in [0.1, 0.15) is 0 Å². The predicted octanol–water partition coefficient (Wildman–Crippen LogP) is 0.509. The standard InChI is InChI=1S/C10H21NO2/c1-2-3-10(4-5-10)8-11-6-9(13)7-12/h9,11-13H,2-8H2,1H3/t9-/m0/s1. The molecule has 0 heterocycles. The average Bonchev–Trinajstić information content (AvgIpc) is 2.86. The molecule has 0 aromatic heterocycles. The molecule has 1 saturated carbocycles. The maximum absolute atomic E-state index is 9.09. The third-order valence-electron chi connectivity index (χ3n) is 2.83. The van der Waals surface area contributed by atoms with Gasteiger partial charge in [-0.3, -0.25) is 0 Å². The van der Waals surface area contributed by atoms with Crippen LogP contribution in [-0.2, 0) is 0 Å². The lowest BCUT2D eigenvalue weighted by molar-refractivity contribution is 0.0931. The van der Waals surface area contributed by atoms with Gasteiger partial charge in [-0.05, 0) is 24.7 Å². The van der Waals surface area contributed by atoms with E-state index >= 15 is 0 Å². The van der Waals surface area contributed by atoms with Crippen LogP contribution in [0, 0.1) is 5.41 Å². The van der Waals surface area contributed by atoms with Crippen LogP contribution in [0.1, 0.15) is 32.6 Å². The second kappa shape index (κ2) is 4.94. The van der Waals surface area contributed by atoms with Crippen molar-refractivity contribution in [1.29, 1.82) is 0 Å². The van der Waals surface area contributed by atoms with Crippen molar-refractivity contribution in [3.8, 4) is 0 Å². The molecule has 0 bridgehead atoms. The fraction of sp³-hybridized carbons (Fsp3) is 1.00. The molecule has 1 aliphatic carbocycles. The zero-order valence-corrected chi connectivity index (χ0v) is 8.42. The Kier molecular flexibility index (Phi) is 4.16. The van der Waals surface area contributed by atoms with E-state index in [-0.39, 0.29) is 6.61 Å². The number of aliphatic hydroxyl groups is 2. The van der Waals surface area contributed by atoms with Crippen LogP contribution in [0.5, 0.6) is 0 Å². The summed E-state index contributed by atoms with van der Waals surface area (Å²) in [5, 5.41) is 20.9. The molecule has 1 aliphatic rings. The molecule has 0 aromatic rings. The quantitative estimate of drug-likeness (QED) is 0.544. The van der Waals surface area contributed by atoms with Gasteiger partial charge < -0.3 is 15.5 Å². The Morgan fingerprint density at radius 3 is 2.62 bits per heavy atom. The molecule has 3 heteroatoms. The molecule has 0 radical (unpaired) electrons. The van der Waals surface area contributed by atoms with E-state index in [0.29, 0.717) is 12.0 Å². The Morgan fingerprint density at radius 2 is 2.15 bits per heavy atom. The molecule has 0 saturated heterocycles. The first-order chi connectivity index (χ1) is 6.22. The van der Waals surface area contributed by atoms with Crippen LogP contribution in [0.15, 0.2) is 0 Å². The molecule has 0 amide bonds. The molecule has 78 valence electrons. The molecular weight excluding hydrogens is 166 g/mol. The fourth-order valence-electron chi connectivity index (χ4n) is 1.79. The number of rotatable bonds is 7. The van der Waals surface area contributed by atoms with Crippen molar-refractivity contribution < 1.29 is 10.2 Å². The van der Waals surface area contributed by atoms with E-state index < -0.39 is 6.10 Å². The van der Waals surface area contributed by atoms with E-state index in [4.69, 9.17) is 10.2 Å². The lowest BCUT2D eigenvalue weighted by Crippen LogP contribution is -2.33. The minimum absolute atomic E-state index is 0.145. The highest BCUT2D eigenvalue weighted by Gasteiger charge is 2.40. The molecule has 13 heavy (non-hydrogen) atoms. The predicted molar refractivity (Wildman–Crippen MR) is 52.5 cm³/mol. The molecule has 1 rings (SSSR count). The van der Waals surface area contributed by atoms with E-state index in [1.807, 2.05) is 0 Å². The van der Waals surface area contributed by atoms with Gasteiger partial charge in [0.15, 0.2) is 0 Å². The Morgan fingerprint density at radius 1 is 1.46 bits per heavy atom. The van der Waals surface area contributed by atoms with Crippen LogP contribution in [0.4, 0.5) is 0 Å². The molecule has 1 atom stereocenters. The van der Waals surface area contributed by atoms with E-state index in [0.717, 1.165) is 6.54 Å². The fourth-order valence-corrected chi connectivity index (χ4v) is 1.79. The lowest BCUT2D eigenvalue weighted by atomic mass is 10.0. The lowest BCUT2D eigenvalue weighted by Gasteiger charge is -2.16. The van der Waals surface area contributed by atoms with Crippen molar-refractivity contribution in [2.75, 3.05) is 19.7 Å². The zero-order chi connectivity index (χ0) is 9.73. The van der Waals surface area contributed by atoms with E-state index in [2.05, 4.69) is 12.2 Å². The first kappa shape index (κ1) is 11.0. The average molecular weight is 187 g/mol. The molecule has 0 unspecified atom stereocenters. The largest absolute Gasteiger partial charge is 0.394 e. The molecular formula is C10H21NO2. The molecule has 0 spiro atoms. The first-order valence-corrected chi connectivity index (χ1v) is 5.22. The second-order valence-corrected chi connectivity index (χ2v) is 4.22. The minimum atomic E-state index is -0.600. The maximum atomic E-state index is 9.09. The molecule has 3 N–H and O–H groups in total. The Balaban J connectivity index is 2.05. The maximum Gasteiger partial charge on any atom is 0.0894 e. The van der Waals surface area contributed by atoms with Gasteiger partial charge in [-0.25, -0.2) is 0 Å². The van der Waals surface area contributed by atoms with Gasteiger partial charge in [-0.2, -0.15) is 0 Å². The van der Waals surface area contributed by atoms with Crippen molar-refractivity contribution in [2.24, 2.45) is 5.41 Å². The summed E-state index contributed by atoms with van der Waals surface area (Å²) in [7, 11) is 0. The van der Waals surface area contributed by atoms with Crippen LogP contribution in [0.25, 0.3) is 0 Å². The summed E-state index contributed by atoms with van der Waals surface area (Å²) in [4.78, 5) is 0. The topological polar surface area (TPSA) is 52.5 Å². The van der Waals surface area contributed by atoms with Gasteiger partial charge in [0.2, 0.25) is 0 Å². The van der Waals surface area contributed by atoms with Gasteiger partial charge in [0.25, 0.3) is 0 Å². The Bertz CT molecular complexity index is 146. The van der Waals surface area contributed by atoms with Gasteiger partial charge in [0.05, 0.1) is 12.7 Å². The zero-order valence-electron chi connectivity index (χ0n) is 8.42. The molecule has 3 nitrogen and oxygen atoms in total. The van der Waals surface area contributed by atoms with E-state index in [1.54, 1.807) is 0 Å². The third kappa shape index (κ3) is 3.63. The molecule has 1 fully saturated rings. The smallest absolute Gasteiger partial charge is 0.0894 e. The van der Waals surface area contributed by atoms with Gasteiger partial charge in [-0.15, -0.1) is 0 Å². The van der Waals surface area contributed by atoms with E-state index in [1.165, 1.54) is 25.7 Å². The van der Waals surface area contributed by atoms with Crippen LogP contribution in [0.3, 0.4) is 0 Å². The Labute approximate surface area is 80.2 Å². The number of aliphatic hydroxyl groups excluding tert-OH is 2. The summed E-state index contributed by atoms with van der Waals surface area (Å²) in [6.07, 6.45) is 4.57. The summed E-state index contributed by atoms with van der Waals surface area (Å²) < 4.78 is 0. The highest BCUT2D eigenvalue weighted by Crippen LogP contribution is 2.48. The third-order valence-corrected chi connectivity index (χ3v) is 2.83. The van der Waals surface area contributed by atoms with Crippen molar-refractivity contribution in [3.63, 3.8) is 0 Å². The van der Waals surface area contributed by atoms with Gasteiger partial charge in [-0.1, -0.05) is 13.3 Å². The summed E-state index contributed by atoms with van der Waals surface area (Å²) in [5.74, 6) is 0. The molecule has 0 aliphatic heterocycles. The highest BCUT2D eigenvalue weighted by atomic mass is 16.3. The van der Waals surface area contributed by atoms with Crippen LogP contribution < -0.4 is 5.32 Å². The van der Waals surface area contributed by atoms with Crippen molar-refractivity contribution >= 4 is 0 Å². The number of hydrogen-bond acceptors (Lipinski definition) is 3. The number of hydrogen-bond donors (Lipinski definition) is 3. The second-order valence-electron chi connectivity index (χ2n) is 4.22. The highest BCUT2D eigenvalue weighted by molar-refractivity contribution is 4.94. The summed E-state index contributed by atoms with van der Waals surface area (Å²) in [6.45, 7) is 3.58. The van der Waals surface area contributed by atoms with Gasteiger partial charge in [0, 0.05) is 13.1 Å². The SMILES string of the molecule is CCCC1(CNC[C@H](O)CO)CC1.